The summed E-state index contributed by atoms with van der Waals surface area (Å²) in [6.07, 6.45) is 0. The lowest BCUT2D eigenvalue weighted by molar-refractivity contribution is 0.254. The second-order valence-electron chi connectivity index (χ2n) is 2.55. The predicted molar refractivity (Wildman–Crippen MR) is 56.1 cm³/mol. The Kier molecular flexibility index (Phi) is 3.59. The zero-order chi connectivity index (χ0) is 10.6. The summed E-state index contributed by atoms with van der Waals surface area (Å²) in [5.41, 5.74) is 0.541. The van der Waals surface area contributed by atoms with Gasteiger partial charge < -0.3 is 15.4 Å². The third-order valence-electron chi connectivity index (χ3n) is 1.64. The Bertz CT molecular complexity index is 342. The summed E-state index contributed by atoms with van der Waals surface area (Å²) >= 11 is 5.77. The molecule has 76 valence electrons. The number of carbonyl (C=O) groups is 1. The Labute approximate surface area is 87.2 Å². The fraction of sp³-hybridized carbons (Fsp3) is 0.222. The van der Waals surface area contributed by atoms with E-state index >= 15 is 0 Å². The van der Waals surface area contributed by atoms with Crippen LogP contribution in [0.1, 0.15) is 0 Å². The predicted octanol–water partition coefficient (Wildman–Crippen LogP) is 2.10. The number of methoxy groups -OCH3 is 1. The molecular formula is C9H11ClN2O2. The third kappa shape index (κ3) is 2.53. The molecule has 0 saturated carbocycles. The van der Waals surface area contributed by atoms with Crippen molar-refractivity contribution in [2.24, 2.45) is 0 Å². The largest absolute Gasteiger partial charge is 0.495 e. The van der Waals surface area contributed by atoms with Gasteiger partial charge in [0.1, 0.15) is 5.75 Å². The molecule has 0 radical (unpaired) electrons. The molecule has 0 heterocycles. The van der Waals surface area contributed by atoms with Gasteiger partial charge in [0.05, 0.1) is 12.8 Å². The van der Waals surface area contributed by atoms with Gasteiger partial charge in [0.2, 0.25) is 0 Å². The Morgan fingerprint density at radius 2 is 2.21 bits per heavy atom. The van der Waals surface area contributed by atoms with Gasteiger partial charge in [-0.25, -0.2) is 4.79 Å². The molecule has 0 spiro atoms. The molecule has 1 rings (SSSR count). The van der Waals surface area contributed by atoms with Crippen molar-refractivity contribution in [2.45, 2.75) is 0 Å². The highest BCUT2D eigenvalue weighted by Crippen LogP contribution is 2.27. The first-order valence-corrected chi connectivity index (χ1v) is 4.37. The summed E-state index contributed by atoms with van der Waals surface area (Å²) < 4.78 is 5.04. The van der Waals surface area contributed by atoms with Crippen molar-refractivity contribution in [3.8, 4) is 5.75 Å². The summed E-state index contributed by atoms with van der Waals surface area (Å²) in [5, 5.41) is 5.57. The van der Waals surface area contributed by atoms with Gasteiger partial charge in [0, 0.05) is 12.1 Å². The number of ether oxygens (including phenoxy) is 1. The molecule has 0 unspecified atom stereocenters. The second kappa shape index (κ2) is 4.72. The number of anilines is 1. The molecule has 0 aliphatic carbocycles. The minimum atomic E-state index is -0.314. The summed E-state index contributed by atoms with van der Waals surface area (Å²) in [7, 11) is 3.06. The van der Waals surface area contributed by atoms with E-state index < -0.39 is 0 Å². The van der Waals surface area contributed by atoms with Crippen LogP contribution >= 0.6 is 11.6 Å². The first-order chi connectivity index (χ1) is 6.67. The smallest absolute Gasteiger partial charge is 0.319 e. The zero-order valence-corrected chi connectivity index (χ0v) is 8.68. The number of benzene rings is 1. The normalized spacial score (nSPS) is 9.36. The van der Waals surface area contributed by atoms with Crippen molar-refractivity contribution in [3.05, 3.63) is 23.2 Å². The van der Waals surface area contributed by atoms with Crippen LogP contribution in [0.4, 0.5) is 10.5 Å². The van der Waals surface area contributed by atoms with Gasteiger partial charge in [0.15, 0.2) is 0 Å². The number of urea groups is 1. The Balaban J connectivity index is 2.93. The molecular weight excluding hydrogens is 204 g/mol. The Hall–Kier alpha value is -1.42. The summed E-state index contributed by atoms with van der Waals surface area (Å²) in [5.74, 6) is 0.568. The van der Waals surface area contributed by atoms with Crippen molar-refractivity contribution in [1.82, 2.24) is 5.32 Å². The molecule has 2 N–H and O–H groups in total. The van der Waals surface area contributed by atoms with Crippen LogP contribution in [0.15, 0.2) is 18.2 Å². The Morgan fingerprint density at radius 3 is 2.79 bits per heavy atom. The maximum Gasteiger partial charge on any atom is 0.319 e. The highest BCUT2D eigenvalue weighted by Gasteiger charge is 2.05. The lowest BCUT2D eigenvalue weighted by atomic mass is 10.3. The third-order valence-corrected chi connectivity index (χ3v) is 1.87. The molecule has 0 saturated heterocycles. The van der Waals surface area contributed by atoms with Crippen molar-refractivity contribution >= 4 is 23.3 Å². The van der Waals surface area contributed by atoms with Gasteiger partial charge in [-0.3, -0.25) is 0 Å². The average molecular weight is 215 g/mol. The highest BCUT2D eigenvalue weighted by atomic mass is 35.5. The fourth-order valence-corrected chi connectivity index (χ4v) is 1.13. The van der Waals surface area contributed by atoms with Gasteiger partial charge in [-0.2, -0.15) is 0 Å². The molecule has 0 atom stereocenters. The molecule has 0 fully saturated rings. The van der Waals surface area contributed by atoms with E-state index in [9.17, 15) is 4.79 Å². The second-order valence-corrected chi connectivity index (χ2v) is 2.99. The number of amides is 2. The van der Waals surface area contributed by atoms with Crippen molar-refractivity contribution in [3.63, 3.8) is 0 Å². The maximum absolute atomic E-state index is 11.0. The molecule has 0 aliphatic heterocycles. The molecule has 2 amide bonds. The number of rotatable bonds is 2. The quantitative estimate of drug-likeness (QED) is 0.792. The van der Waals surface area contributed by atoms with Crippen LogP contribution < -0.4 is 15.4 Å². The monoisotopic (exact) mass is 214 g/mol. The topological polar surface area (TPSA) is 50.4 Å². The highest BCUT2D eigenvalue weighted by molar-refractivity contribution is 6.31. The van der Waals surface area contributed by atoms with Gasteiger partial charge in [-0.15, -0.1) is 0 Å². The van der Waals surface area contributed by atoms with E-state index in [2.05, 4.69) is 10.6 Å². The molecule has 14 heavy (non-hydrogen) atoms. The standard InChI is InChI=1S/C9H11ClN2O2/c1-11-9(13)12-7-5-6(10)3-4-8(7)14-2/h3-5H,1-2H3,(H2,11,12,13). The fourth-order valence-electron chi connectivity index (χ4n) is 0.963. The van der Waals surface area contributed by atoms with Crippen LogP contribution in [0.2, 0.25) is 5.02 Å². The van der Waals surface area contributed by atoms with E-state index in [1.165, 1.54) is 14.2 Å². The number of nitrogens with one attached hydrogen (secondary N) is 2. The minimum Gasteiger partial charge on any atom is -0.495 e. The SMILES string of the molecule is CNC(=O)Nc1cc(Cl)ccc1OC. The average Bonchev–Trinajstić information content (AvgIpc) is 2.18. The van der Waals surface area contributed by atoms with Gasteiger partial charge >= 0.3 is 6.03 Å². The lowest BCUT2D eigenvalue weighted by Gasteiger charge is -2.09. The molecule has 0 bridgehead atoms. The van der Waals surface area contributed by atoms with E-state index in [1.54, 1.807) is 18.2 Å². The molecule has 4 nitrogen and oxygen atoms in total. The number of hydrogen-bond acceptors (Lipinski definition) is 2. The first-order valence-electron chi connectivity index (χ1n) is 3.99. The maximum atomic E-state index is 11.0. The molecule has 0 aliphatic rings. The van der Waals surface area contributed by atoms with Gasteiger partial charge in [-0.1, -0.05) is 11.6 Å². The van der Waals surface area contributed by atoms with Crippen molar-refractivity contribution in [2.75, 3.05) is 19.5 Å². The van der Waals surface area contributed by atoms with Crippen LogP contribution in [0.5, 0.6) is 5.75 Å². The van der Waals surface area contributed by atoms with E-state index in [-0.39, 0.29) is 6.03 Å². The molecule has 1 aromatic rings. The zero-order valence-electron chi connectivity index (χ0n) is 7.93. The van der Waals surface area contributed by atoms with Crippen molar-refractivity contribution in [1.29, 1.82) is 0 Å². The van der Waals surface area contributed by atoms with Crippen LogP contribution in [-0.4, -0.2) is 20.2 Å². The van der Waals surface area contributed by atoms with E-state index in [4.69, 9.17) is 16.3 Å². The van der Waals surface area contributed by atoms with Crippen LogP contribution in [0.3, 0.4) is 0 Å². The van der Waals surface area contributed by atoms with Crippen LogP contribution in [-0.2, 0) is 0 Å². The summed E-state index contributed by atoms with van der Waals surface area (Å²) in [4.78, 5) is 11.0. The summed E-state index contributed by atoms with van der Waals surface area (Å²) in [6, 6.07) is 4.68. The van der Waals surface area contributed by atoms with E-state index in [0.29, 0.717) is 16.5 Å². The Morgan fingerprint density at radius 1 is 1.50 bits per heavy atom. The molecule has 0 aromatic heterocycles. The van der Waals surface area contributed by atoms with Crippen LogP contribution in [0.25, 0.3) is 0 Å². The molecule has 1 aromatic carbocycles. The van der Waals surface area contributed by atoms with E-state index in [1.807, 2.05) is 0 Å². The minimum absolute atomic E-state index is 0.314. The first kappa shape index (κ1) is 10.7. The number of hydrogen-bond donors (Lipinski definition) is 2. The molecule has 5 heteroatoms. The number of halogens is 1. The van der Waals surface area contributed by atoms with E-state index in [0.717, 1.165) is 0 Å². The van der Waals surface area contributed by atoms with Crippen molar-refractivity contribution < 1.29 is 9.53 Å². The lowest BCUT2D eigenvalue weighted by Crippen LogP contribution is -2.24. The summed E-state index contributed by atoms with van der Waals surface area (Å²) in [6.45, 7) is 0. The van der Waals surface area contributed by atoms with Gasteiger partial charge in [0.25, 0.3) is 0 Å². The number of carbonyl (C=O) groups excluding carboxylic acids is 1. The van der Waals surface area contributed by atoms with Gasteiger partial charge in [-0.05, 0) is 18.2 Å². The van der Waals surface area contributed by atoms with Crippen LogP contribution in [0, 0.1) is 0 Å².